The van der Waals surface area contributed by atoms with Crippen molar-refractivity contribution in [2.24, 2.45) is 0 Å². The summed E-state index contributed by atoms with van der Waals surface area (Å²) in [5.41, 5.74) is 1.42. The van der Waals surface area contributed by atoms with E-state index in [1.165, 1.54) is 5.56 Å². The fourth-order valence-electron chi connectivity index (χ4n) is 2.10. The largest absolute Gasteiger partial charge is 0.497 e. The standard InChI is InChI=1S/C19H24O3/c1-14(22-18-12-10-16(20-5)11-13-18)21-17-8-6-15(7-9-17)19(2,3)4/h6-14H,1-5H3. The van der Waals surface area contributed by atoms with E-state index in [4.69, 9.17) is 14.2 Å². The molecule has 0 bridgehead atoms. The minimum atomic E-state index is -0.367. The second-order valence-electron chi connectivity index (χ2n) is 6.25. The smallest absolute Gasteiger partial charge is 0.238 e. The van der Waals surface area contributed by atoms with Crippen LogP contribution in [0.15, 0.2) is 48.5 Å². The first-order valence-electron chi connectivity index (χ1n) is 7.46. The third kappa shape index (κ3) is 4.42. The molecule has 3 heteroatoms. The zero-order valence-electron chi connectivity index (χ0n) is 13.9. The first-order valence-corrected chi connectivity index (χ1v) is 7.46. The van der Waals surface area contributed by atoms with Crippen LogP contribution in [0.5, 0.6) is 17.2 Å². The molecule has 1 unspecified atom stereocenters. The summed E-state index contributed by atoms with van der Waals surface area (Å²) in [4.78, 5) is 0. The SMILES string of the molecule is COc1ccc(OC(C)Oc2ccc(C(C)(C)C)cc2)cc1. The van der Waals surface area contributed by atoms with E-state index >= 15 is 0 Å². The maximum Gasteiger partial charge on any atom is 0.238 e. The van der Waals surface area contributed by atoms with Gasteiger partial charge in [-0.05, 0) is 47.4 Å². The summed E-state index contributed by atoms with van der Waals surface area (Å²) in [7, 11) is 1.64. The van der Waals surface area contributed by atoms with Crippen LogP contribution in [0.2, 0.25) is 0 Å². The Labute approximate surface area is 132 Å². The zero-order valence-corrected chi connectivity index (χ0v) is 13.9. The van der Waals surface area contributed by atoms with Gasteiger partial charge in [0.15, 0.2) is 0 Å². The normalized spacial score (nSPS) is 12.6. The molecule has 0 heterocycles. The monoisotopic (exact) mass is 300 g/mol. The molecular formula is C19H24O3. The number of rotatable bonds is 5. The second-order valence-corrected chi connectivity index (χ2v) is 6.25. The second kappa shape index (κ2) is 6.73. The van der Waals surface area contributed by atoms with Gasteiger partial charge in [-0.25, -0.2) is 0 Å². The lowest BCUT2D eigenvalue weighted by Crippen LogP contribution is -2.19. The third-order valence-electron chi connectivity index (χ3n) is 3.38. The van der Waals surface area contributed by atoms with Crippen LogP contribution in [0.25, 0.3) is 0 Å². The molecular weight excluding hydrogens is 276 g/mol. The van der Waals surface area contributed by atoms with E-state index in [-0.39, 0.29) is 11.7 Å². The molecule has 0 aromatic heterocycles. The summed E-state index contributed by atoms with van der Waals surface area (Å²) >= 11 is 0. The molecule has 0 N–H and O–H groups in total. The lowest BCUT2D eigenvalue weighted by molar-refractivity contribution is 0.0222. The molecule has 2 aromatic rings. The predicted molar refractivity (Wildman–Crippen MR) is 88.9 cm³/mol. The van der Waals surface area contributed by atoms with Crippen LogP contribution in [0.3, 0.4) is 0 Å². The average molecular weight is 300 g/mol. The Morgan fingerprint density at radius 1 is 0.727 bits per heavy atom. The summed E-state index contributed by atoms with van der Waals surface area (Å²) in [6.45, 7) is 8.46. The van der Waals surface area contributed by atoms with E-state index < -0.39 is 0 Å². The van der Waals surface area contributed by atoms with Crippen LogP contribution < -0.4 is 14.2 Å². The van der Waals surface area contributed by atoms with Gasteiger partial charge in [0.25, 0.3) is 0 Å². The van der Waals surface area contributed by atoms with Gasteiger partial charge in [-0.2, -0.15) is 0 Å². The first kappa shape index (κ1) is 16.2. The Morgan fingerprint density at radius 2 is 1.14 bits per heavy atom. The molecule has 0 aliphatic rings. The lowest BCUT2D eigenvalue weighted by atomic mass is 9.87. The predicted octanol–water partition coefficient (Wildman–Crippen LogP) is 4.80. The van der Waals surface area contributed by atoms with Crippen molar-refractivity contribution in [3.05, 3.63) is 54.1 Å². The Bertz CT molecular complexity index is 580. The lowest BCUT2D eigenvalue weighted by Gasteiger charge is -2.20. The molecule has 0 aliphatic heterocycles. The van der Waals surface area contributed by atoms with Gasteiger partial charge in [0.1, 0.15) is 17.2 Å². The van der Waals surface area contributed by atoms with E-state index in [2.05, 4.69) is 32.9 Å². The van der Waals surface area contributed by atoms with E-state index in [1.54, 1.807) is 7.11 Å². The molecule has 0 saturated heterocycles. The highest BCUT2D eigenvalue weighted by molar-refractivity contribution is 5.32. The topological polar surface area (TPSA) is 27.7 Å². The molecule has 1 atom stereocenters. The third-order valence-corrected chi connectivity index (χ3v) is 3.38. The molecule has 3 nitrogen and oxygen atoms in total. The molecule has 2 aromatic carbocycles. The molecule has 22 heavy (non-hydrogen) atoms. The van der Waals surface area contributed by atoms with Crippen molar-refractivity contribution in [1.29, 1.82) is 0 Å². The number of hydrogen-bond donors (Lipinski definition) is 0. The highest BCUT2D eigenvalue weighted by Crippen LogP contribution is 2.25. The van der Waals surface area contributed by atoms with Crippen LogP contribution in [-0.2, 0) is 5.41 Å². The van der Waals surface area contributed by atoms with Crippen molar-refractivity contribution < 1.29 is 14.2 Å². The average Bonchev–Trinajstić information content (AvgIpc) is 2.47. The summed E-state index contributed by atoms with van der Waals surface area (Å²) in [5.74, 6) is 2.35. The molecule has 0 amide bonds. The van der Waals surface area contributed by atoms with Gasteiger partial charge >= 0.3 is 0 Å². The van der Waals surface area contributed by atoms with Crippen LogP contribution >= 0.6 is 0 Å². The Kier molecular flexibility index (Phi) is 4.96. The quantitative estimate of drug-likeness (QED) is 0.743. The zero-order chi connectivity index (χ0) is 16.2. The van der Waals surface area contributed by atoms with Crippen LogP contribution in [0.4, 0.5) is 0 Å². The van der Waals surface area contributed by atoms with Crippen molar-refractivity contribution in [2.45, 2.75) is 39.4 Å². The minimum Gasteiger partial charge on any atom is -0.497 e. The number of ether oxygens (including phenoxy) is 3. The van der Waals surface area contributed by atoms with Crippen molar-refractivity contribution in [3.63, 3.8) is 0 Å². The van der Waals surface area contributed by atoms with Gasteiger partial charge in [0.05, 0.1) is 7.11 Å². The maximum atomic E-state index is 5.79. The van der Waals surface area contributed by atoms with Crippen molar-refractivity contribution in [1.82, 2.24) is 0 Å². The fraction of sp³-hybridized carbons (Fsp3) is 0.368. The first-order chi connectivity index (χ1) is 10.4. The van der Waals surface area contributed by atoms with Gasteiger partial charge in [-0.15, -0.1) is 0 Å². The molecule has 118 valence electrons. The van der Waals surface area contributed by atoms with Crippen molar-refractivity contribution in [3.8, 4) is 17.2 Å². The Balaban J connectivity index is 1.95. The molecule has 0 aliphatic carbocycles. The van der Waals surface area contributed by atoms with Crippen LogP contribution in [-0.4, -0.2) is 13.4 Å². The minimum absolute atomic E-state index is 0.143. The summed E-state index contributed by atoms with van der Waals surface area (Å²) in [6.07, 6.45) is -0.367. The van der Waals surface area contributed by atoms with Gasteiger partial charge in [0, 0.05) is 6.92 Å². The van der Waals surface area contributed by atoms with E-state index in [0.717, 1.165) is 17.2 Å². The van der Waals surface area contributed by atoms with Gasteiger partial charge < -0.3 is 14.2 Å². The van der Waals surface area contributed by atoms with Crippen molar-refractivity contribution >= 4 is 0 Å². The number of benzene rings is 2. The molecule has 0 radical (unpaired) electrons. The van der Waals surface area contributed by atoms with Crippen molar-refractivity contribution in [2.75, 3.05) is 7.11 Å². The van der Waals surface area contributed by atoms with Gasteiger partial charge in [0.2, 0.25) is 6.29 Å². The maximum absolute atomic E-state index is 5.79. The van der Waals surface area contributed by atoms with E-state index in [0.29, 0.717) is 0 Å². The summed E-state index contributed by atoms with van der Waals surface area (Å²) in [6, 6.07) is 15.6. The van der Waals surface area contributed by atoms with Gasteiger partial charge in [-0.3, -0.25) is 0 Å². The molecule has 0 spiro atoms. The van der Waals surface area contributed by atoms with Gasteiger partial charge in [-0.1, -0.05) is 32.9 Å². The van der Waals surface area contributed by atoms with E-state index in [9.17, 15) is 0 Å². The Hall–Kier alpha value is -2.16. The number of methoxy groups -OCH3 is 1. The number of hydrogen-bond acceptors (Lipinski definition) is 3. The molecule has 0 saturated carbocycles. The summed E-state index contributed by atoms with van der Waals surface area (Å²) < 4.78 is 16.6. The molecule has 2 rings (SSSR count). The highest BCUT2D eigenvalue weighted by Gasteiger charge is 2.13. The van der Waals surface area contributed by atoms with Crippen LogP contribution in [0.1, 0.15) is 33.3 Å². The fourth-order valence-corrected chi connectivity index (χ4v) is 2.10. The summed E-state index contributed by atoms with van der Waals surface area (Å²) in [5, 5.41) is 0. The Morgan fingerprint density at radius 3 is 1.55 bits per heavy atom. The van der Waals surface area contributed by atoms with E-state index in [1.807, 2.05) is 43.3 Å². The molecule has 0 fully saturated rings. The van der Waals surface area contributed by atoms with Crippen LogP contribution in [0, 0.1) is 0 Å². The highest BCUT2D eigenvalue weighted by atomic mass is 16.7.